The van der Waals surface area contributed by atoms with Crippen molar-refractivity contribution in [2.45, 2.75) is 18.9 Å². The minimum atomic E-state index is 0.212. The van der Waals surface area contributed by atoms with E-state index in [2.05, 4.69) is 22.4 Å². The van der Waals surface area contributed by atoms with E-state index >= 15 is 0 Å². The normalized spacial score (nSPS) is 19.6. The van der Waals surface area contributed by atoms with Gasteiger partial charge in [0.25, 0.3) is 0 Å². The van der Waals surface area contributed by atoms with Crippen LogP contribution in [0, 0.1) is 0 Å². The van der Waals surface area contributed by atoms with Gasteiger partial charge in [-0.05, 0) is 48.7 Å². The van der Waals surface area contributed by atoms with Gasteiger partial charge in [-0.3, -0.25) is 4.98 Å². The third-order valence-corrected chi connectivity index (χ3v) is 4.16. The number of ether oxygens (including phenoxy) is 2. The van der Waals surface area contributed by atoms with Crippen molar-refractivity contribution in [2.75, 3.05) is 20.8 Å². The number of nitrogens with zero attached hydrogens (tertiary/aromatic N) is 1. The van der Waals surface area contributed by atoms with Crippen LogP contribution in [-0.4, -0.2) is 25.7 Å². The first-order valence-corrected chi connectivity index (χ1v) is 7.87. The molecule has 2 aromatic rings. The van der Waals surface area contributed by atoms with Crippen molar-refractivity contribution in [1.82, 2.24) is 10.3 Å². The third kappa shape index (κ3) is 3.54. The lowest BCUT2D eigenvalue weighted by Gasteiger charge is -2.27. The molecule has 0 aliphatic carbocycles. The number of pyridine rings is 1. The summed E-state index contributed by atoms with van der Waals surface area (Å²) >= 11 is 0. The zero-order chi connectivity index (χ0) is 16.1. The number of hydrogen-bond acceptors (Lipinski definition) is 4. The fourth-order valence-electron chi connectivity index (χ4n) is 2.99. The summed E-state index contributed by atoms with van der Waals surface area (Å²) in [5.74, 6) is 1.63. The highest BCUT2D eigenvalue weighted by molar-refractivity contribution is 5.63. The van der Waals surface area contributed by atoms with Crippen LogP contribution in [-0.2, 0) is 0 Å². The number of piperidine rings is 1. The van der Waals surface area contributed by atoms with Gasteiger partial charge in [0.2, 0.25) is 0 Å². The van der Waals surface area contributed by atoms with Crippen LogP contribution in [0.25, 0.3) is 6.08 Å². The van der Waals surface area contributed by atoms with Crippen LogP contribution in [0.3, 0.4) is 0 Å². The number of aromatic nitrogens is 1. The van der Waals surface area contributed by atoms with Crippen LogP contribution < -0.4 is 14.8 Å². The van der Waals surface area contributed by atoms with E-state index < -0.39 is 0 Å². The van der Waals surface area contributed by atoms with Crippen molar-refractivity contribution in [1.29, 1.82) is 0 Å². The molecule has 1 unspecified atom stereocenters. The average molecular weight is 310 g/mol. The van der Waals surface area contributed by atoms with Gasteiger partial charge in [-0.1, -0.05) is 12.1 Å². The highest BCUT2D eigenvalue weighted by Gasteiger charge is 2.20. The quantitative estimate of drug-likeness (QED) is 0.937. The molecule has 1 fully saturated rings. The topological polar surface area (TPSA) is 43.4 Å². The molecule has 0 saturated carbocycles. The third-order valence-electron chi connectivity index (χ3n) is 4.16. The van der Waals surface area contributed by atoms with Crippen molar-refractivity contribution < 1.29 is 9.47 Å². The molecule has 2 heterocycles. The molecule has 4 heteroatoms. The van der Waals surface area contributed by atoms with Crippen LogP contribution in [0.4, 0.5) is 0 Å². The second-order valence-corrected chi connectivity index (χ2v) is 5.60. The van der Waals surface area contributed by atoms with Crippen LogP contribution in [0.1, 0.15) is 30.0 Å². The van der Waals surface area contributed by atoms with Crippen LogP contribution in [0.5, 0.6) is 11.5 Å². The van der Waals surface area contributed by atoms with Gasteiger partial charge < -0.3 is 14.8 Å². The van der Waals surface area contributed by atoms with Gasteiger partial charge in [0.05, 0.1) is 20.3 Å². The Bertz CT molecular complexity index is 683. The molecule has 0 amide bonds. The summed E-state index contributed by atoms with van der Waals surface area (Å²) in [5.41, 5.74) is 3.62. The highest BCUT2D eigenvalue weighted by atomic mass is 16.5. The predicted molar refractivity (Wildman–Crippen MR) is 91.7 cm³/mol. The Balaban J connectivity index is 1.96. The van der Waals surface area contributed by atoms with Gasteiger partial charge >= 0.3 is 0 Å². The number of nitrogens with one attached hydrogen (secondary N) is 1. The van der Waals surface area contributed by atoms with Gasteiger partial charge in [0, 0.05) is 24.0 Å². The lowest BCUT2D eigenvalue weighted by atomic mass is 9.91. The molecule has 0 spiro atoms. The molecule has 0 bridgehead atoms. The Kier molecular flexibility index (Phi) is 4.93. The van der Waals surface area contributed by atoms with E-state index in [1.165, 1.54) is 11.1 Å². The molecule has 1 aliphatic rings. The van der Waals surface area contributed by atoms with E-state index in [4.69, 9.17) is 9.47 Å². The fourth-order valence-corrected chi connectivity index (χ4v) is 2.99. The summed E-state index contributed by atoms with van der Waals surface area (Å²) < 4.78 is 10.8. The maximum atomic E-state index is 5.51. The number of methoxy groups -OCH3 is 2. The summed E-state index contributed by atoms with van der Waals surface area (Å²) in [6, 6.07) is 10.2. The van der Waals surface area contributed by atoms with E-state index in [9.17, 15) is 0 Å². The van der Waals surface area contributed by atoms with Crippen LogP contribution in [0.15, 0.2) is 48.3 Å². The van der Waals surface area contributed by atoms with Gasteiger partial charge in [0.15, 0.2) is 0 Å². The van der Waals surface area contributed by atoms with Crippen molar-refractivity contribution in [3.8, 4) is 11.5 Å². The Hall–Kier alpha value is -2.33. The summed E-state index contributed by atoms with van der Waals surface area (Å²) in [5, 5.41) is 3.59. The lowest BCUT2D eigenvalue weighted by Crippen LogP contribution is -2.28. The van der Waals surface area contributed by atoms with Gasteiger partial charge in [-0.15, -0.1) is 0 Å². The molecule has 1 aromatic carbocycles. The first-order valence-electron chi connectivity index (χ1n) is 7.87. The zero-order valence-corrected chi connectivity index (χ0v) is 13.6. The zero-order valence-electron chi connectivity index (χ0n) is 13.6. The molecule has 1 saturated heterocycles. The second kappa shape index (κ2) is 7.29. The van der Waals surface area contributed by atoms with E-state index in [1.807, 2.05) is 36.7 Å². The Morgan fingerprint density at radius 2 is 2.13 bits per heavy atom. The molecule has 120 valence electrons. The highest BCUT2D eigenvalue weighted by Crippen LogP contribution is 2.33. The molecule has 1 atom stereocenters. The smallest absolute Gasteiger partial charge is 0.129 e. The number of benzene rings is 1. The molecule has 1 aliphatic heterocycles. The summed E-state index contributed by atoms with van der Waals surface area (Å²) in [6.45, 7) is 1.02. The van der Waals surface area contributed by atoms with E-state index in [0.717, 1.165) is 36.4 Å². The van der Waals surface area contributed by atoms with Crippen LogP contribution in [0.2, 0.25) is 0 Å². The molecular formula is C19H22N2O2. The summed E-state index contributed by atoms with van der Waals surface area (Å²) in [4.78, 5) is 4.25. The molecule has 1 aromatic heterocycles. The molecule has 3 rings (SSSR count). The average Bonchev–Trinajstić information content (AvgIpc) is 2.63. The Morgan fingerprint density at radius 1 is 1.22 bits per heavy atom. The van der Waals surface area contributed by atoms with E-state index in [1.54, 1.807) is 14.2 Å². The SMILES string of the molecule is COc1ccc(C=C2CCCNC2c2cccnc2)c(OC)c1. The van der Waals surface area contributed by atoms with Crippen molar-refractivity contribution in [2.24, 2.45) is 0 Å². The minimum absolute atomic E-state index is 0.212. The molecular weight excluding hydrogens is 288 g/mol. The van der Waals surface area contributed by atoms with Crippen molar-refractivity contribution in [3.05, 3.63) is 59.4 Å². The first-order chi connectivity index (χ1) is 11.3. The maximum Gasteiger partial charge on any atom is 0.129 e. The molecule has 0 radical (unpaired) electrons. The fraction of sp³-hybridized carbons (Fsp3) is 0.316. The number of hydrogen-bond donors (Lipinski definition) is 1. The van der Waals surface area contributed by atoms with E-state index in [0.29, 0.717) is 0 Å². The maximum absolute atomic E-state index is 5.51. The first kappa shape index (κ1) is 15.6. The largest absolute Gasteiger partial charge is 0.497 e. The van der Waals surface area contributed by atoms with Gasteiger partial charge in [-0.25, -0.2) is 0 Å². The second-order valence-electron chi connectivity index (χ2n) is 5.60. The lowest BCUT2D eigenvalue weighted by molar-refractivity contribution is 0.393. The molecule has 1 N–H and O–H groups in total. The predicted octanol–water partition coefficient (Wildman–Crippen LogP) is 3.61. The molecule has 23 heavy (non-hydrogen) atoms. The van der Waals surface area contributed by atoms with Crippen LogP contribution >= 0.6 is 0 Å². The Labute approximate surface area is 137 Å². The van der Waals surface area contributed by atoms with Crippen molar-refractivity contribution >= 4 is 6.08 Å². The van der Waals surface area contributed by atoms with E-state index in [-0.39, 0.29) is 6.04 Å². The minimum Gasteiger partial charge on any atom is -0.497 e. The summed E-state index contributed by atoms with van der Waals surface area (Å²) in [7, 11) is 3.35. The van der Waals surface area contributed by atoms with Crippen molar-refractivity contribution in [3.63, 3.8) is 0 Å². The molecule has 4 nitrogen and oxygen atoms in total. The monoisotopic (exact) mass is 310 g/mol. The van der Waals surface area contributed by atoms with Gasteiger partial charge in [0.1, 0.15) is 11.5 Å². The summed E-state index contributed by atoms with van der Waals surface area (Å²) in [6.07, 6.45) is 8.18. The number of rotatable bonds is 4. The van der Waals surface area contributed by atoms with Gasteiger partial charge in [-0.2, -0.15) is 0 Å². The Morgan fingerprint density at radius 3 is 2.87 bits per heavy atom. The standard InChI is InChI=1S/C19H22N2O2/c1-22-17-8-7-14(18(12-17)23-2)11-15-5-4-10-21-19(15)16-6-3-9-20-13-16/h3,6-9,11-13,19,21H,4-5,10H2,1-2H3.